The number of likely N-dealkylation sites (N-methyl/N-ethyl adjacent to an activating group) is 1. The van der Waals surface area contributed by atoms with E-state index in [1.165, 1.54) is 0 Å². The van der Waals surface area contributed by atoms with Crippen molar-refractivity contribution < 1.29 is 8.42 Å². The van der Waals surface area contributed by atoms with Crippen molar-refractivity contribution in [2.45, 2.75) is 31.3 Å². The first kappa shape index (κ1) is 17.1. The van der Waals surface area contributed by atoms with Crippen molar-refractivity contribution in [3.05, 3.63) is 29.8 Å². The zero-order valence-electron chi connectivity index (χ0n) is 12.7. The molecule has 0 spiro atoms. The Bertz CT molecular complexity index is 498. The van der Waals surface area contributed by atoms with Crippen molar-refractivity contribution >= 4 is 10.0 Å². The van der Waals surface area contributed by atoms with E-state index in [-0.39, 0.29) is 6.04 Å². The van der Waals surface area contributed by atoms with Crippen LogP contribution in [0.5, 0.6) is 0 Å². The van der Waals surface area contributed by atoms with E-state index in [9.17, 15) is 8.42 Å². The minimum atomic E-state index is -3.42. The Morgan fingerprint density at radius 3 is 2.30 bits per heavy atom. The third kappa shape index (κ3) is 5.58. The first-order valence-electron chi connectivity index (χ1n) is 6.82. The molecule has 0 bridgehead atoms. The number of benzene rings is 1. The van der Waals surface area contributed by atoms with Crippen molar-refractivity contribution in [2.24, 2.45) is 0 Å². The number of sulfonamides is 1. The van der Waals surface area contributed by atoms with Gasteiger partial charge in [-0.2, -0.15) is 0 Å². The average molecular weight is 299 g/mol. The first-order chi connectivity index (χ1) is 9.35. The van der Waals surface area contributed by atoms with Crippen LogP contribution in [0.25, 0.3) is 0 Å². The average Bonchev–Trinajstić information content (AvgIpc) is 2.37. The summed E-state index contributed by atoms with van der Waals surface area (Å²) in [6, 6.07) is 7.12. The molecule has 0 aliphatic rings. The van der Waals surface area contributed by atoms with Gasteiger partial charge in [-0.05, 0) is 45.3 Å². The lowest BCUT2D eigenvalue weighted by Crippen LogP contribution is -2.38. The molecule has 6 heteroatoms. The predicted octanol–water partition coefficient (Wildman–Crippen LogP) is 1.02. The van der Waals surface area contributed by atoms with Gasteiger partial charge in [-0.3, -0.25) is 0 Å². The van der Waals surface area contributed by atoms with Crippen LogP contribution in [0.2, 0.25) is 0 Å². The molecule has 0 fully saturated rings. The zero-order valence-corrected chi connectivity index (χ0v) is 13.5. The van der Waals surface area contributed by atoms with E-state index in [1.54, 1.807) is 12.1 Å². The summed E-state index contributed by atoms with van der Waals surface area (Å²) >= 11 is 0. The summed E-state index contributed by atoms with van der Waals surface area (Å²) in [6.45, 7) is 5.95. The Labute approximate surface area is 122 Å². The topological polar surface area (TPSA) is 61.4 Å². The molecule has 0 radical (unpaired) electrons. The fourth-order valence-corrected chi connectivity index (χ4v) is 3.01. The largest absolute Gasteiger partial charge is 0.313 e. The Hall–Kier alpha value is -0.950. The second-order valence-electron chi connectivity index (χ2n) is 5.19. The van der Waals surface area contributed by atoms with Gasteiger partial charge in [0.15, 0.2) is 0 Å². The van der Waals surface area contributed by atoms with Gasteiger partial charge in [0.05, 0.1) is 4.90 Å². The van der Waals surface area contributed by atoms with Crippen LogP contribution in [0.15, 0.2) is 29.2 Å². The van der Waals surface area contributed by atoms with Gasteiger partial charge in [0.1, 0.15) is 0 Å². The molecule has 5 nitrogen and oxygen atoms in total. The third-order valence-corrected chi connectivity index (χ3v) is 4.30. The third-order valence-electron chi connectivity index (χ3n) is 2.86. The highest BCUT2D eigenvalue weighted by molar-refractivity contribution is 7.89. The van der Waals surface area contributed by atoms with Crippen molar-refractivity contribution in [2.75, 3.05) is 27.2 Å². The second kappa shape index (κ2) is 7.73. The molecular weight excluding hydrogens is 274 g/mol. The second-order valence-corrected chi connectivity index (χ2v) is 6.96. The van der Waals surface area contributed by atoms with Crippen molar-refractivity contribution in [1.82, 2.24) is 14.9 Å². The molecule has 1 atom stereocenters. The number of nitrogens with zero attached hydrogens (tertiary/aromatic N) is 1. The minimum Gasteiger partial charge on any atom is -0.313 e. The van der Waals surface area contributed by atoms with Crippen LogP contribution in [0, 0.1) is 0 Å². The number of hydrogen-bond acceptors (Lipinski definition) is 4. The van der Waals surface area contributed by atoms with Gasteiger partial charge < -0.3 is 10.2 Å². The summed E-state index contributed by atoms with van der Waals surface area (Å²) < 4.78 is 26.9. The van der Waals surface area contributed by atoms with Crippen LogP contribution < -0.4 is 10.0 Å². The highest BCUT2D eigenvalue weighted by Gasteiger charge is 2.14. The van der Waals surface area contributed by atoms with Crippen LogP contribution in [0.1, 0.15) is 19.4 Å². The molecule has 1 aromatic rings. The lowest BCUT2D eigenvalue weighted by atomic mass is 10.2. The molecule has 0 saturated heterocycles. The van der Waals surface area contributed by atoms with Crippen molar-refractivity contribution in [1.29, 1.82) is 0 Å². The quantitative estimate of drug-likeness (QED) is 0.752. The molecule has 0 saturated carbocycles. The van der Waals surface area contributed by atoms with E-state index in [0.717, 1.165) is 18.7 Å². The summed E-state index contributed by atoms with van der Waals surface area (Å²) in [5, 5.41) is 3.17. The predicted molar refractivity (Wildman–Crippen MR) is 82.2 cm³/mol. The maximum Gasteiger partial charge on any atom is 0.240 e. The molecule has 114 valence electrons. The van der Waals surface area contributed by atoms with E-state index in [0.29, 0.717) is 11.4 Å². The molecule has 0 heterocycles. The van der Waals surface area contributed by atoms with E-state index in [4.69, 9.17) is 0 Å². The van der Waals surface area contributed by atoms with Gasteiger partial charge in [0.25, 0.3) is 0 Å². The molecule has 2 N–H and O–H groups in total. The van der Waals surface area contributed by atoms with E-state index >= 15 is 0 Å². The molecule has 0 amide bonds. The fourth-order valence-electron chi connectivity index (χ4n) is 1.88. The molecule has 20 heavy (non-hydrogen) atoms. The van der Waals surface area contributed by atoms with Crippen molar-refractivity contribution in [3.63, 3.8) is 0 Å². The van der Waals surface area contributed by atoms with Crippen molar-refractivity contribution in [3.8, 4) is 0 Å². The fraction of sp³-hybridized carbons (Fsp3) is 0.571. The summed E-state index contributed by atoms with van der Waals surface area (Å²) in [6.07, 6.45) is 0. The van der Waals surface area contributed by atoms with Gasteiger partial charge in [0, 0.05) is 19.1 Å². The summed E-state index contributed by atoms with van der Waals surface area (Å²) in [5.74, 6) is 0. The van der Waals surface area contributed by atoms with Crippen LogP contribution in [-0.2, 0) is 16.6 Å². The Balaban J connectivity index is 2.68. The summed E-state index contributed by atoms with van der Waals surface area (Å²) in [7, 11) is 0.538. The lowest BCUT2D eigenvalue weighted by molar-refractivity contribution is 0.402. The van der Waals surface area contributed by atoms with Crippen LogP contribution in [0.3, 0.4) is 0 Å². The van der Waals surface area contributed by atoms with Gasteiger partial charge >= 0.3 is 0 Å². The Morgan fingerprint density at radius 2 is 1.80 bits per heavy atom. The van der Waals surface area contributed by atoms with E-state index < -0.39 is 10.0 Å². The smallest absolute Gasteiger partial charge is 0.240 e. The molecule has 1 aromatic carbocycles. The SMILES string of the molecule is CCN[C@H](C)CNS(=O)(=O)c1ccc(CN(C)C)cc1. The number of nitrogens with one attached hydrogen (secondary N) is 2. The molecule has 0 aromatic heterocycles. The van der Waals surface area contributed by atoms with E-state index in [1.807, 2.05) is 45.0 Å². The molecule has 0 aliphatic carbocycles. The van der Waals surface area contributed by atoms with Gasteiger partial charge in [0.2, 0.25) is 10.0 Å². The standard InChI is InChI=1S/C14H25N3O2S/c1-5-15-12(2)10-16-20(18,19)14-8-6-13(7-9-14)11-17(3)4/h6-9,12,15-16H,5,10-11H2,1-4H3/t12-/m1/s1. The summed E-state index contributed by atoms with van der Waals surface area (Å²) in [5.41, 5.74) is 1.09. The number of hydrogen-bond donors (Lipinski definition) is 2. The minimum absolute atomic E-state index is 0.114. The first-order valence-corrected chi connectivity index (χ1v) is 8.30. The maximum absolute atomic E-state index is 12.1. The molecule has 1 rings (SSSR count). The Morgan fingerprint density at radius 1 is 1.20 bits per heavy atom. The highest BCUT2D eigenvalue weighted by Crippen LogP contribution is 2.11. The van der Waals surface area contributed by atoms with Crippen LogP contribution >= 0.6 is 0 Å². The maximum atomic E-state index is 12.1. The van der Waals surface area contributed by atoms with Crippen LogP contribution in [0.4, 0.5) is 0 Å². The van der Waals surface area contributed by atoms with Gasteiger partial charge in [-0.25, -0.2) is 13.1 Å². The molecular formula is C14H25N3O2S. The summed E-state index contributed by atoms with van der Waals surface area (Å²) in [4.78, 5) is 2.35. The highest BCUT2D eigenvalue weighted by atomic mass is 32.2. The Kier molecular flexibility index (Phi) is 6.61. The zero-order chi connectivity index (χ0) is 15.2. The van der Waals surface area contributed by atoms with Gasteiger partial charge in [-0.1, -0.05) is 19.1 Å². The normalized spacial score (nSPS) is 13.7. The van der Waals surface area contributed by atoms with Gasteiger partial charge in [-0.15, -0.1) is 0 Å². The lowest BCUT2D eigenvalue weighted by Gasteiger charge is -2.14. The van der Waals surface area contributed by atoms with Crippen LogP contribution in [-0.4, -0.2) is 46.5 Å². The monoisotopic (exact) mass is 299 g/mol. The molecule has 0 unspecified atom stereocenters. The number of rotatable bonds is 8. The molecule has 0 aliphatic heterocycles. The van der Waals surface area contributed by atoms with E-state index in [2.05, 4.69) is 10.0 Å².